The summed E-state index contributed by atoms with van der Waals surface area (Å²) in [6.07, 6.45) is 0.362. The Balaban J connectivity index is 3.56. The molecule has 0 aliphatic heterocycles. The quantitative estimate of drug-likeness (QED) is 0.407. The molecule has 0 aliphatic carbocycles. The minimum absolute atomic E-state index is 0.140. The van der Waals surface area contributed by atoms with E-state index in [9.17, 15) is 4.79 Å². The molecule has 5 N–H and O–H groups in total. The van der Waals surface area contributed by atoms with Crippen LogP contribution >= 0.6 is 7.36 Å². The summed E-state index contributed by atoms with van der Waals surface area (Å²) in [7, 11) is -1.24. The van der Waals surface area contributed by atoms with Crippen molar-refractivity contribution in [3.8, 4) is 0 Å². The first-order valence-electron chi connectivity index (χ1n) is 2.73. The van der Waals surface area contributed by atoms with Crippen LogP contribution in [0.1, 0.15) is 6.42 Å². The first-order chi connectivity index (χ1) is 4.45. The SMILES string of the molecule is COC(=O)CCP(=N)(N)N. The van der Waals surface area contributed by atoms with Crippen molar-refractivity contribution in [1.82, 2.24) is 0 Å². The fourth-order valence-corrected chi connectivity index (χ4v) is 0.931. The molecule has 0 rings (SSSR count). The molecule has 10 heavy (non-hydrogen) atoms. The van der Waals surface area contributed by atoms with Gasteiger partial charge in [-0.25, -0.2) is 0 Å². The van der Waals surface area contributed by atoms with Gasteiger partial charge in [0.15, 0.2) is 0 Å². The number of esters is 1. The summed E-state index contributed by atoms with van der Waals surface area (Å²) in [5, 5.41) is 7.06. The summed E-state index contributed by atoms with van der Waals surface area (Å²) in [4.78, 5) is 10.5. The zero-order chi connectivity index (χ0) is 8.20. The maximum absolute atomic E-state index is 10.5. The number of rotatable bonds is 3. The molecule has 0 aromatic carbocycles. The minimum atomic E-state index is -2.53. The van der Waals surface area contributed by atoms with Gasteiger partial charge in [0.25, 0.3) is 0 Å². The number of hydrogen-bond acceptors (Lipinski definition) is 3. The number of carbonyl (C=O) groups excluding carboxylic acids is 1. The summed E-state index contributed by atoms with van der Waals surface area (Å²) in [6, 6.07) is 0. The molecule has 0 heterocycles. The minimum Gasteiger partial charge on any atom is -0.469 e. The second-order valence-corrected chi connectivity index (χ2v) is 4.29. The van der Waals surface area contributed by atoms with Crippen LogP contribution in [0.2, 0.25) is 0 Å². The van der Waals surface area contributed by atoms with Gasteiger partial charge in [-0.3, -0.25) is 21.0 Å². The van der Waals surface area contributed by atoms with Crippen LogP contribution in [0.15, 0.2) is 0 Å². The number of hydrogen-bond donors (Lipinski definition) is 3. The standard InChI is InChI=1S/C4H12N3O2P/c1-9-4(8)2-3-10(5,6)7/h2-3H2,1H3,(H5,5,6,7). The Labute approximate surface area is 59.7 Å². The van der Waals surface area contributed by atoms with E-state index in [1.807, 2.05) is 0 Å². The largest absolute Gasteiger partial charge is 0.469 e. The third-order valence-electron chi connectivity index (χ3n) is 0.914. The molecule has 0 radical (unpaired) electrons. The van der Waals surface area contributed by atoms with Crippen LogP contribution in [0, 0.1) is 5.16 Å². The number of nitrogens with one attached hydrogen (secondary N) is 1. The van der Waals surface area contributed by atoms with Gasteiger partial charge in [-0.2, -0.15) is 0 Å². The summed E-state index contributed by atoms with van der Waals surface area (Å²) >= 11 is 0. The van der Waals surface area contributed by atoms with Crippen molar-refractivity contribution in [2.45, 2.75) is 6.42 Å². The number of nitrogens with two attached hydrogens (primary N) is 2. The molecule has 0 aromatic heterocycles. The smallest absolute Gasteiger partial charge is 0.306 e. The van der Waals surface area contributed by atoms with Gasteiger partial charge >= 0.3 is 5.97 Å². The molecule has 0 unspecified atom stereocenters. The molecule has 0 spiro atoms. The van der Waals surface area contributed by atoms with Gasteiger partial charge in [0, 0.05) is 6.16 Å². The van der Waals surface area contributed by atoms with Gasteiger partial charge in [-0.15, -0.1) is 0 Å². The van der Waals surface area contributed by atoms with Crippen LogP contribution < -0.4 is 11.0 Å². The Morgan fingerprint density at radius 1 is 1.70 bits per heavy atom. The third kappa shape index (κ3) is 5.75. The highest BCUT2D eigenvalue weighted by Crippen LogP contribution is 2.26. The maximum Gasteiger partial charge on any atom is 0.306 e. The average Bonchev–Trinajstić information content (AvgIpc) is 1.81. The van der Waals surface area contributed by atoms with E-state index in [0.717, 1.165) is 0 Å². The lowest BCUT2D eigenvalue weighted by molar-refractivity contribution is -0.140. The molecule has 0 aliphatic rings. The maximum atomic E-state index is 10.5. The van der Waals surface area contributed by atoms with Gasteiger partial charge in [-0.1, -0.05) is 0 Å². The molecular weight excluding hydrogens is 153 g/mol. The number of methoxy groups -OCH3 is 1. The van der Waals surface area contributed by atoms with Crippen molar-refractivity contribution in [2.24, 2.45) is 11.0 Å². The predicted molar refractivity (Wildman–Crippen MR) is 39.5 cm³/mol. The summed E-state index contributed by atoms with van der Waals surface area (Å²) in [5.74, 6) is -0.368. The van der Waals surface area contributed by atoms with Crippen LogP contribution in [0.25, 0.3) is 0 Å². The Morgan fingerprint density at radius 3 is 2.50 bits per heavy atom. The van der Waals surface area contributed by atoms with Gasteiger partial charge in [0.1, 0.15) is 0 Å². The molecule has 0 bridgehead atoms. The summed E-state index contributed by atoms with van der Waals surface area (Å²) < 4.78 is 4.33. The summed E-state index contributed by atoms with van der Waals surface area (Å²) in [5.41, 5.74) is 10.4. The second kappa shape index (κ2) is 3.71. The lowest BCUT2D eigenvalue weighted by Crippen LogP contribution is -2.12. The third-order valence-corrected chi connectivity index (χ3v) is 1.88. The highest BCUT2D eigenvalue weighted by atomic mass is 31.2. The van der Waals surface area contributed by atoms with Gasteiger partial charge in [-0.05, 0) is 0 Å². The summed E-state index contributed by atoms with van der Waals surface area (Å²) in [6.45, 7) is 0. The topological polar surface area (TPSA) is 102 Å². The van der Waals surface area contributed by atoms with Crippen molar-refractivity contribution < 1.29 is 9.53 Å². The Morgan fingerprint density at radius 2 is 2.20 bits per heavy atom. The van der Waals surface area contributed by atoms with E-state index < -0.39 is 7.36 Å². The van der Waals surface area contributed by atoms with Crippen LogP contribution in [0.5, 0.6) is 0 Å². The molecule has 5 nitrogen and oxygen atoms in total. The monoisotopic (exact) mass is 165 g/mol. The van der Waals surface area contributed by atoms with Crippen LogP contribution in [-0.4, -0.2) is 19.2 Å². The zero-order valence-corrected chi connectivity index (χ0v) is 6.73. The van der Waals surface area contributed by atoms with E-state index in [1.54, 1.807) is 0 Å². The highest BCUT2D eigenvalue weighted by Gasteiger charge is 2.07. The Kier molecular flexibility index (Phi) is 3.57. The molecule has 0 amide bonds. The molecule has 60 valence electrons. The van der Waals surface area contributed by atoms with E-state index in [4.69, 9.17) is 16.2 Å². The van der Waals surface area contributed by atoms with E-state index in [1.165, 1.54) is 7.11 Å². The van der Waals surface area contributed by atoms with E-state index >= 15 is 0 Å². The molecule has 0 atom stereocenters. The molecule has 6 heteroatoms. The molecule has 0 aromatic rings. The normalized spacial score (nSPS) is 11.1. The Hall–Kier alpha value is -0.380. The first kappa shape index (κ1) is 9.62. The van der Waals surface area contributed by atoms with Gasteiger partial charge < -0.3 is 4.74 Å². The van der Waals surface area contributed by atoms with Gasteiger partial charge in [0.05, 0.1) is 20.9 Å². The van der Waals surface area contributed by atoms with E-state index in [0.29, 0.717) is 0 Å². The van der Waals surface area contributed by atoms with Gasteiger partial charge in [0.2, 0.25) is 0 Å². The van der Waals surface area contributed by atoms with E-state index in [-0.39, 0.29) is 18.6 Å². The molecule has 0 saturated heterocycles. The second-order valence-electron chi connectivity index (χ2n) is 1.98. The number of ether oxygens (including phenoxy) is 1. The fourth-order valence-electron chi connectivity index (χ4n) is 0.378. The van der Waals surface area contributed by atoms with Crippen molar-refractivity contribution >= 4 is 13.3 Å². The molecular formula is C4H12N3O2P. The predicted octanol–water partition coefficient (Wildman–Crippen LogP) is 0.0769. The fraction of sp³-hybridized carbons (Fsp3) is 0.750. The van der Waals surface area contributed by atoms with Crippen LogP contribution in [0.4, 0.5) is 0 Å². The lowest BCUT2D eigenvalue weighted by atomic mass is 10.5. The lowest BCUT2D eigenvalue weighted by Gasteiger charge is -2.07. The van der Waals surface area contributed by atoms with Crippen LogP contribution in [-0.2, 0) is 9.53 Å². The van der Waals surface area contributed by atoms with Crippen LogP contribution in [0.3, 0.4) is 0 Å². The van der Waals surface area contributed by atoms with Crippen molar-refractivity contribution in [3.05, 3.63) is 0 Å². The zero-order valence-electron chi connectivity index (χ0n) is 5.83. The van der Waals surface area contributed by atoms with Crippen molar-refractivity contribution in [3.63, 3.8) is 0 Å². The first-order valence-corrected chi connectivity index (χ1v) is 4.84. The molecule has 0 fully saturated rings. The van der Waals surface area contributed by atoms with Crippen molar-refractivity contribution in [1.29, 1.82) is 5.16 Å². The van der Waals surface area contributed by atoms with E-state index in [2.05, 4.69) is 4.74 Å². The van der Waals surface area contributed by atoms with Crippen molar-refractivity contribution in [2.75, 3.05) is 13.3 Å². The Bertz CT molecular complexity index is 164. The average molecular weight is 165 g/mol. The highest BCUT2D eigenvalue weighted by molar-refractivity contribution is 7.60. The molecule has 0 saturated carbocycles. The number of carbonyl (C=O) groups is 1.